The minimum absolute atomic E-state index is 0.521. The molecule has 0 aliphatic rings. The molecule has 0 bridgehead atoms. The summed E-state index contributed by atoms with van der Waals surface area (Å²) in [7, 11) is -3.26. The van der Waals surface area contributed by atoms with Crippen molar-refractivity contribution in [1.82, 2.24) is 0 Å². The lowest BCUT2D eigenvalue weighted by Gasteiger charge is -2.09. The Morgan fingerprint density at radius 1 is 1.00 bits per heavy atom. The van der Waals surface area contributed by atoms with E-state index in [-0.39, 0.29) is 0 Å². The molecule has 2 rings (SSSR count). The van der Waals surface area contributed by atoms with Crippen LogP contribution in [0.25, 0.3) is 0 Å². The van der Waals surface area contributed by atoms with Crippen molar-refractivity contribution in [2.45, 2.75) is 6.54 Å². The molecule has 0 saturated carbocycles. The van der Waals surface area contributed by atoms with Gasteiger partial charge in [0, 0.05) is 28.0 Å². The molecule has 0 aliphatic carbocycles. The number of rotatable bonds is 5. The summed E-state index contributed by atoms with van der Waals surface area (Å²) in [5.41, 5.74) is 2.31. The smallest absolute Gasteiger partial charge is 0.229 e. The topological polar surface area (TPSA) is 58.2 Å². The summed E-state index contributed by atoms with van der Waals surface area (Å²) in [5.74, 6) is 0. The van der Waals surface area contributed by atoms with Crippen LogP contribution in [0.4, 0.5) is 11.4 Å². The van der Waals surface area contributed by atoms with Gasteiger partial charge in [-0.1, -0.05) is 29.3 Å². The standard InChI is InChI=1S/C14H14Cl2N2O2S/c1-21(19,20)18-13-6-4-12(5-7-13)17-9-10-2-3-11(15)8-14(10)16/h2-8,17-18H,9H2,1H3. The largest absolute Gasteiger partial charge is 0.381 e. The summed E-state index contributed by atoms with van der Waals surface area (Å²) in [6, 6.07) is 12.3. The van der Waals surface area contributed by atoms with Gasteiger partial charge in [-0.3, -0.25) is 4.72 Å². The van der Waals surface area contributed by atoms with Crippen molar-refractivity contribution in [3.63, 3.8) is 0 Å². The number of nitrogens with one attached hydrogen (secondary N) is 2. The van der Waals surface area contributed by atoms with Gasteiger partial charge in [-0.05, 0) is 42.0 Å². The maximum Gasteiger partial charge on any atom is 0.229 e. The highest BCUT2D eigenvalue weighted by atomic mass is 35.5. The van der Waals surface area contributed by atoms with E-state index in [1.165, 1.54) is 0 Å². The second-order valence-corrected chi connectivity index (χ2v) is 7.13. The van der Waals surface area contributed by atoms with Crippen molar-refractivity contribution in [2.75, 3.05) is 16.3 Å². The Labute approximate surface area is 134 Å². The summed E-state index contributed by atoms with van der Waals surface area (Å²) in [4.78, 5) is 0. The molecule has 0 unspecified atom stereocenters. The lowest BCUT2D eigenvalue weighted by molar-refractivity contribution is 0.607. The molecular weight excluding hydrogens is 331 g/mol. The van der Waals surface area contributed by atoms with Crippen LogP contribution in [0.2, 0.25) is 10.0 Å². The SMILES string of the molecule is CS(=O)(=O)Nc1ccc(NCc2ccc(Cl)cc2Cl)cc1. The van der Waals surface area contributed by atoms with Crippen LogP contribution in [0, 0.1) is 0 Å². The lowest BCUT2D eigenvalue weighted by atomic mass is 10.2. The van der Waals surface area contributed by atoms with Gasteiger partial charge in [-0.25, -0.2) is 8.42 Å². The number of sulfonamides is 1. The highest BCUT2D eigenvalue weighted by Crippen LogP contribution is 2.22. The Hall–Kier alpha value is -1.43. The molecule has 0 atom stereocenters. The van der Waals surface area contributed by atoms with Crippen molar-refractivity contribution in [3.8, 4) is 0 Å². The molecule has 4 nitrogen and oxygen atoms in total. The molecule has 7 heteroatoms. The highest BCUT2D eigenvalue weighted by molar-refractivity contribution is 7.92. The van der Waals surface area contributed by atoms with Crippen molar-refractivity contribution >= 4 is 44.6 Å². The average Bonchev–Trinajstić information content (AvgIpc) is 2.38. The molecule has 0 fully saturated rings. The third-order valence-corrected chi connectivity index (χ3v) is 3.88. The third kappa shape index (κ3) is 5.12. The van der Waals surface area contributed by atoms with Gasteiger partial charge in [0.05, 0.1) is 6.26 Å². The number of hydrogen-bond acceptors (Lipinski definition) is 3. The Balaban J connectivity index is 2.00. The highest BCUT2D eigenvalue weighted by Gasteiger charge is 2.03. The van der Waals surface area contributed by atoms with Crippen molar-refractivity contribution < 1.29 is 8.42 Å². The number of anilines is 2. The van der Waals surface area contributed by atoms with E-state index >= 15 is 0 Å². The van der Waals surface area contributed by atoms with Crippen LogP contribution >= 0.6 is 23.2 Å². The van der Waals surface area contributed by atoms with Gasteiger partial charge in [0.15, 0.2) is 0 Å². The summed E-state index contributed by atoms with van der Waals surface area (Å²) in [6.07, 6.45) is 1.11. The van der Waals surface area contributed by atoms with E-state index in [4.69, 9.17) is 23.2 Å². The molecule has 0 spiro atoms. The number of hydrogen-bond donors (Lipinski definition) is 2. The zero-order valence-corrected chi connectivity index (χ0v) is 13.6. The maximum atomic E-state index is 11.1. The van der Waals surface area contributed by atoms with E-state index in [9.17, 15) is 8.42 Å². The van der Waals surface area contributed by atoms with Gasteiger partial charge in [0.2, 0.25) is 10.0 Å². The van der Waals surface area contributed by atoms with Crippen LogP contribution < -0.4 is 10.0 Å². The van der Waals surface area contributed by atoms with E-state index in [1.54, 1.807) is 36.4 Å². The van der Waals surface area contributed by atoms with Gasteiger partial charge < -0.3 is 5.32 Å². The fourth-order valence-electron chi connectivity index (χ4n) is 1.73. The Morgan fingerprint density at radius 2 is 1.62 bits per heavy atom. The fraction of sp³-hybridized carbons (Fsp3) is 0.143. The number of halogens is 2. The molecule has 0 aliphatic heterocycles. The van der Waals surface area contributed by atoms with Crippen LogP contribution in [0.3, 0.4) is 0 Å². The molecule has 2 N–H and O–H groups in total. The second kappa shape index (κ2) is 6.56. The molecule has 2 aromatic carbocycles. The molecule has 0 saturated heterocycles. The van der Waals surface area contributed by atoms with Gasteiger partial charge in [0.1, 0.15) is 0 Å². The molecule has 0 heterocycles. The van der Waals surface area contributed by atoms with Crippen LogP contribution in [-0.4, -0.2) is 14.7 Å². The predicted molar refractivity (Wildman–Crippen MR) is 88.7 cm³/mol. The first-order valence-corrected chi connectivity index (χ1v) is 8.74. The van der Waals surface area contributed by atoms with Gasteiger partial charge >= 0.3 is 0 Å². The maximum absolute atomic E-state index is 11.1. The molecule has 0 radical (unpaired) electrons. The van der Waals surface area contributed by atoms with Gasteiger partial charge in [-0.2, -0.15) is 0 Å². The zero-order chi connectivity index (χ0) is 15.5. The van der Waals surface area contributed by atoms with E-state index in [0.29, 0.717) is 22.3 Å². The van der Waals surface area contributed by atoms with E-state index < -0.39 is 10.0 Å². The van der Waals surface area contributed by atoms with E-state index in [1.807, 2.05) is 6.07 Å². The van der Waals surface area contributed by atoms with Crippen molar-refractivity contribution in [3.05, 3.63) is 58.1 Å². The monoisotopic (exact) mass is 344 g/mol. The van der Waals surface area contributed by atoms with Crippen molar-refractivity contribution in [1.29, 1.82) is 0 Å². The van der Waals surface area contributed by atoms with Crippen molar-refractivity contribution in [2.24, 2.45) is 0 Å². The van der Waals surface area contributed by atoms with Gasteiger partial charge in [0.25, 0.3) is 0 Å². The molecule has 0 aromatic heterocycles. The quantitative estimate of drug-likeness (QED) is 0.862. The first-order valence-electron chi connectivity index (χ1n) is 6.09. The molecule has 112 valence electrons. The van der Waals surface area contributed by atoms with Crippen LogP contribution in [0.5, 0.6) is 0 Å². The van der Waals surface area contributed by atoms with Crippen LogP contribution in [0.15, 0.2) is 42.5 Å². The Bertz CT molecular complexity index is 731. The predicted octanol–water partition coefficient (Wildman–Crippen LogP) is 3.98. The summed E-state index contributed by atoms with van der Waals surface area (Å²) in [5, 5.41) is 4.41. The summed E-state index contributed by atoms with van der Waals surface area (Å²) >= 11 is 11.9. The normalized spacial score (nSPS) is 11.2. The van der Waals surface area contributed by atoms with E-state index in [2.05, 4.69) is 10.0 Å². The first-order chi connectivity index (χ1) is 9.83. The Kier molecular flexibility index (Phi) is 4.98. The minimum atomic E-state index is -3.26. The zero-order valence-electron chi connectivity index (χ0n) is 11.2. The number of benzene rings is 2. The van der Waals surface area contributed by atoms with Gasteiger partial charge in [-0.15, -0.1) is 0 Å². The molecular formula is C14H14Cl2N2O2S. The summed E-state index contributed by atoms with van der Waals surface area (Å²) in [6.45, 7) is 0.550. The van der Waals surface area contributed by atoms with Crippen LogP contribution in [0.1, 0.15) is 5.56 Å². The molecule has 2 aromatic rings. The molecule has 21 heavy (non-hydrogen) atoms. The van der Waals surface area contributed by atoms with Crippen LogP contribution in [-0.2, 0) is 16.6 Å². The third-order valence-electron chi connectivity index (χ3n) is 2.69. The first kappa shape index (κ1) is 15.9. The lowest BCUT2D eigenvalue weighted by Crippen LogP contribution is -2.09. The fourth-order valence-corrected chi connectivity index (χ4v) is 2.77. The Morgan fingerprint density at radius 3 is 2.19 bits per heavy atom. The minimum Gasteiger partial charge on any atom is -0.381 e. The average molecular weight is 345 g/mol. The molecule has 0 amide bonds. The summed E-state index contributed by atoms with van der Waals surface area (Å²) < 4.78 is 24.6. The van der Waals surface area contributed by atoms with E-state index in [0.717, 1.165) is 17.5 Å². The second-order valence-electron chi connectivity index (χ2n) is 4.54.